The summed E-state index contributed by atoms with van der Waals surface area (Å²) in [5.41, 5.74) is 0. The van der Waals surface area contributed by atoms with Crippen LogP contribution < -0.4 is 5.32 Å². The molecule has 98 valence electrons. The van der Waals surface area contributed by atoms with Gasteiger partial charge in [-0.05, 0) is 39.7 Å². The molecule has 17 heavy (non-hydrogen) atoms. The fourth-order valence-electron chi connectivity index (χ4n) is 2.70. The smallest absolute Gasteiger partial charge is 0.143 e. The van der Waals surface area contributed by atoms with Crippen LogP contribution in [0.25, 0.3) is 0 Å². The summed E-state index contributed by atoms with van der Waals surface area (Å²) in [5, 5.41) is 3.27. The molecule has 2 rings (SSSR count). The van der Waals surface area contributed by atoms with Crippen LogP contribution in [0.3, 0.4) is 0 Å². The van der Waals surface area contributed by atoms with E-state index in [9.17, 15) is 4.79 Å². The maximum atomic E-state index is 11.0. The van der Waals surface area contributed by atoms with Crippen LogP contribution in [0.4, 0.5) is 0 Å². The van der Waals surface area contributed by atoms with Crippen molar-refractivity contribution >= 4 is 5.78 Å². The molecule has 0 aromatic rings. The summed E-state index contributed by atoms with van der Waals surface area (Å²) in [6.45, 7) is 4.28. The molecular formula is C13H24N2O2. The van der Waals surface area contributed by atoms with Gasteiger partial charge in [0.25, 0.3) is 0 Å². The molecule has 1 aliphatic carbocycles. The molecule has 0 bridgehead atoms. The van der Waals surface area contributed by atoms with Crippen LogP contribution in [0.15, 0.2) is 0 Å². The Morgan fingerprint density at radius 2 is 1.94 bits per heavy atom. The van der Waals surface area contributed by atoms with Crippen LogP contribution in [-0.2, 0) is 9.53 Å². The van der Waals surface area contributed by atoms with E-state index in [0.29, 0.717) is 24.8 Å². The Balaban J connectivity index is 1.61. The maximum Gasteiger partial charge on any atom is 0.143 e. The van der Waals surface area contributed by atoms with Crippen LogP contribution in [0.5, 0.6) is 0 Å². The number of rotatable bonds is 5. The molecule has 1 saturated carbocycles. The lowest BCUT2D eigenvalue weighted by molar-refractivity contribution is -0.120. The van der Waals surface area contributed by atoms with Crippen molar-refractivity contribution in [3.8, 4) is 0 Å². The van der Waals surface area contributed by atoms with Gasteiger partial charge in [0.2, 0.25) is 0 Å². The standard InChI is InChI=1S/C13H24N2O2/c1-10(16)9-15-5-3-12(4-6-15)17-13-7-11(8-13)14-2/h11-14H,3-9H2,1-2H3. The lowest BCUT2D eigenvalue weighted by Crippen LogP contribution is -2.47. The van der Waals surface area contributed by atoms with Gasteiger partial charge in [-0.25, -0.2) is 0 Å². The number of likely N-dealkylation sites (tertiary alicyclic amines) is 1. The molecule has 0 aromatic carbocycles. The van der Waals surface area contributed by atoms with Crippen LogP contribution in [0, 0.1) is 0 Å². The quantitative estimate of drug-likeness (QED) is 0.772. The molecule has 2 fully saturated rings. The highest BCUT2D eigenvalue weighted by Gasteiger charge is 2.31. The van der Waals surface area contributed by atoms with E-state index in [-0.39, 0.29) is 5.78 Å². The Hall–Kier alpha value is -0.450. The zero-order valence-electron chi connectivity index (χ0n) is 10.9. The van der Waals surface area contributed by atoms with Crippen molar-refractivity contribution in [2.24, 2.45) is 0 Å². The molecule has 1 heterocycles. The molecule has 1 saturated heterocycles. The Kier molecular flexibility index (Phi) is 4.54. The predicted molar refractivity (Wildman–Crippen MR) is 67.1 cm³/mol. The number of hydrogen-bond acceptors (Lipinski definition) is 4. The molecular weight excluding hydrogens is 216 g/mol. The first-order valence-corrected chi connectivity index (χ1v) is 6.72. The van der Waals surface area contributed by atoms with E-state index in [2.05, 4.69) is 10.2 Å². The minimum absolute atomic E-state index is 0.264. The first-order chi connectivity index (χ1) is 8.17. The number of nitrogens with one attached hydrogen (secondary N) is 1. The monoisotopic (exact) mass is 240 g/mol. The fourth-order valence-corrected chi connectivity index (χ4v) is 2.70. The summed E-state index contributed by atoms with van der Waals surface area (Å²) in [6.07, 6.45) is 5.36. The van der Waals surface area contributed by atoms with E-state index in [1.165, 1.54) is 0 Å². The number of nitrogens with zero attached hydrogens (tertiary/aromatic N) is 1. The molecule has 2 aliphatic rings. The van der Waals surface area contributed by atoms with Crippen molar-refractivity contribution in [2.75, 3.05) is 26.7 Å². The Morgan fingerprint density at radius 3 is 2.47 bits per heavy atom. The average molecular weight is 240 g/mol. The number of piperidine rings is 1. The van der Waals surface area contributed by atoms with Gasteiger partial charge in [-0.3, -0.25) is 9.69 Å². The van der Waals surface area contributed by atoms with E-state index < -0.39 is 0 Å². The highest BCUT2D eigenvalue weighted by molar-refractivity contribution is 5.77. The number of ketones is 1. The van der Waals surface area contributed by atoms with Crippen LogP contribution in [-0.4, -0.2) is 55.6 Å². The minimum atomic E-state index is 0.264. The van der Waals surface area contributed by atoms with Gasteiger partial charge >= 0.3 is 0 Å². The van der Waals surface area contributed by atoms with Gasteiger partial charge in [0, 0.05) is 19.1 Å². The van der Waals surface area contributed by atoms with Gasteiger partial charge < -0.3 is 10.1 Å². The second-order valence-corrected chi connectivity index (χ2v) is 5.39. The first kappa shape index (κ1) is 13.0. The number of Topliss-reactive ketones (excluding diaryl/α,β-unsaturated/α-hetero) is 1. The van der Waals surface area contributed by atoms with Gasteiger partial charge in [-0.2, -0.15) is 0 Å². The number of carbonyl (C=O) groups excluding carboxylic acids is 1. The van der Waals surface area contributed by atoms with Crippen molar-refractivity contribution in [2.45, 2.75) is 50.9 Å². The van der Waals surface area contributed by atoms with Gasteiger partial charge in [0.15, 0.2) is 0 Å². The molecule has 1 aliphatic heterocycles. The van der Waals surface area contributed by atoms with Crippen molar-refractivity contribution in [3.05, 3.63) is 0 Å². The molecule has 0 radical (unpaired) electrons. The first-order valence-electron chi connectivity index (χ1n) is 6.72. The van der Waals surface area contributed by atoms with Crippen molar-refractivity contribution in [1.82, 2.24) is 10.2 Å². The normalized spacial score (nSPS) is 31.2. The van der Waals surface area contributed by atoms with Crippen LogP contribution in [0.1, 0.15) is 32.6 Å². The third-order valence-electron chi connectivity index (χ3n) is 3.87. The topological polar surface area (TPSA) is 41.6 Å². The van der Waals surface area contributed by atoms with Gasteiger partial charge in [0.1, 0.15) is 5.78 Å². The number of ether oxygens (including phenoxy) is 1. The van der Waals surface area contributed by atoms with E-state index in [1.54, 1.807) is 6.92 Å². The maximum absolute atomic E-state index is 11.0. The van der Waals surface area contributed by atoms with Gasteiger partial charge in [-0.1, -0.05) is 0 Å². The van der Waals surface area contributed by atoms with Crippen LogP contribution in [0.2, 0.25) is 0 Å². The summed E-state index contributed by atoms with van der Waals surface area (Å²) in [7, 11) is 2.02. The number of carbonyl (C=O) groups is 1. The predicted octanol–water partition coefficient (Wildman–Crippen LogP) is 0.807. The SMILES string of the molecule is CNC1CC(OC2CCN(CC(C)=O)CC2)C1. The summed E-state index contributed by atoms with van der Waals surface area (Å²) >= 11 is 0. The van der Waals surface area contributed by atoms with Crippen molar-refractivity contribution in [1.29, 1.82) is 0 Å². The molecule has 1 N–H and O–H groups in total. The van der Waals surface area contributed by atoms with E-state index in [0.717, 1.165) is 38.8 Å². The van der Waals surface area contributed by atoms with E-state index in [1.807, 2.05) is 7.05 Å². The molecule has 0 spiro atoms. The van der Waals surface area contributed by atoms with Gasteiger partial charge in [0.05, 0.1) is 18.8 Å². The zero-order chi connectivity index (χ0) is 12.3. The molecule has 0 atom stereocenters. The fraction of sp³-hybridized carbons (Fsp3) is 0.923. The highest BCUT2D eigenvalue weighted by atomic mass is 16.5. The Bertz CT molecular complexity index is 256. The second kappa shape index (κ2) is 5.94. The summed E-state index contributed by atoms with van der Waals surface area (Å²) in [5.74, 6) is 0.264. The molecule has 4 nitrogen and oxygen atoms in total. The lowest BCUT2D eigenvalue weighted by atomic mass is 9.89. The number of hydrogen-bond donors (Lipinski definition) is 1. The third kappa shape index (κ3) is 3.76. The Labute approximate surface area is 104 Å². The summed E-state index contributed by atoms with van der Waals surface area (Å²) < 4.78 is 6.06. The molecule has 4 heteroatoms. The molecule has 0 unspecified atom stereocenters. The lowest BCUT2D eigenvalue weighted by Gasteiger charge is -2.39. The van der Waals surface area contributed by atoms with Gasteiger partial charge in [-0.15, -0.1) is 0 Å². The molecule has 0 aromatic heterocycles. The van der Waals surface area contributed by atoms with E-state index >= 15 is 0 Å². The largest absolute Gasteiger partial charge is 0.375 e. The third-order valence-corrected chi connectivity index (χ3v) is 3.87. The Morgan fingerprint density at radius 1 is 1.29 bits per heavy atom. The summed E-state index contributed by atoms with van der Waals surface area (Å²) in [6, 6.07) is 0.665. The van der Waals surface area contributed by atoms with Crippen molar-refractivity contribution in [3.63, 3.8) is 0 Å². The second-order valence-electron chi connectivity index (χ2n) is 5.39. The average Bonchev–Trinajstić information content (AvgIpc) is 2.24. The van der Waals surface area contributed by atoms with Crippen LogP contribution >= 0.6 is 0 Å². The molecule has 0 amide bonds. The minimum Gasteiger partial charge on any atom is -0.375 e. The highest BCUT2D eigenvalue weighted by Crippen LogP contribution is 2.26. The van der Waals surface area contributed by atoms with Crippen molar-refractivity contribution < 1.29 is 9.53 Å². The van der Waals surface area contributed by atoms with E-state index in [4.69, 9.17) is 4.74 Å². The zero-order valence-corrected chi connectivity index (χ0v) is 10.9. The summed E-state index contributed by atoms with van der Waals surface area (Å²) in [4.78, 5) is 13.3.